The van der Waals surface area contributed by atoms with Crippen LogP contribution in [0.5, 0.6) is 0 Å². The van der Waals surface area contributed by atoms with Crippen molar-refractivity contribution in [2.24, 2.45) is 20.0 Å². The van der Waals surface area contributed by atoms with Crippen LogP contribution >= 0.6 is 0 Å². The molecule has 1 aliphatic carbocycles. The lowest BCUT2D eigenvalue weighted by Crippen LogP contribution is -2.30. The maximum Gasteiger partial charge on any atom is 0.435 e. The highest BCUT2D eigenvalue weighted by molar-refractivity contribution is 5.96. The van der Waals surface area contributed by atoms with Gasteiger partial charge in [0.15, 0.2) is 5.69 Å². The number of aromatic nitrogens is 4. The molecule has 11 heteroatoms. The van der Waals surface area contributed by atoms with Crippen molar-refractivity contribution in [2.75, 3.05) is 0 Å². The maximum absolute atomic E-state index is 13.9. The number of hydrogen-bond donors (Lipinski definition) is 2. The first kappa shape index (κ1) is 26.5. The van der Waals surface area contributed by atoms with Gasteiger partial charge in [-0.1, -0.05) is 12.1 Å². The van der Waals surface area contributed by atoms with Crippen LogP contribution in [-0.4, -0.2) is 24.8 Å². The molecular weight excluding hydrogens is 512 g/mol. The van der Waals surface area contributed by atoms with Gasteiger partial charge in [-0.25, -0.2) is 4.39 Å². The van der Waals surface area contributed by atoms with E-state index in [9.17, 15) is 22.4 Å². The highest BCUT2D eigenvalue weighted by Gasteiger charge is 2.35. The van der Waals surface area contributed by atoms with E-state index >= 15 is 0 Å². The van der Waals surface area contributed by atoms with Gasteiger partial charge >= 0.3 is 6.18 Å². The molecule has 2 aromatic heterocycles. The Morgan fingerprint density at radius 3 is 2.46 bits per heavy atom. The Kier molecular flexibility index (Phi) is 6.69. The zero-order chi connectivity index (χ0) is 28.1. The lowest BCUT2D eigenvalue weighted by atomic mass is 9.98. The zero-order valence-electron chi connectivity index (χ0n) is 21.7. The van der Waals surface area contributed by atoms with Gasteiger partial charge in [0, 0.05) is 37.6 Å². The largest absolute Gasteiger partial charge is 0.435 e. The van der Waals surface area contributed by atoms with Crippen molar-refractivity contribution in [1.82, 2.24) is 24.2 Å². The highest BCUT2D eigenvalue weighted by Crippen LogP contribution is 2.41. The van der Waals surface area contributed by atoms with Crippen molar-refractivity contribution in [2.45, 2.75) is 38.5 Å². The number of aryl methyl sites for hydroxylation is 3. The molecule has 2 heterocycles. The van der Waals surface area contributed by atoms with Crippen molar-refractivity contribution in [1.29, 1.82) is 5.41 Å². The number of carbonyl (C=O) groups excluding carboxylic acids is 1. The van der Waals surface area contributed by atoms with E-state index < -0.39 is 11.9 Å². The molecule has 1 atom stereocenters. The summed E-state index contributed by atoms with van der Waals surface area (Å²) in [5, 5.41) is 14.9. The molecule has 0 radical (unpaired) electrons. The number of imidazole rings is 1. The Morgan fingerprint density at radius 1 is 1.13 bits per heavy atom. The topological polar surface area (TPSA) is 80.6 Å². The van der Waals surface area contributed by atoms with Gasteiger partial charge in [-0.3, -0.25) is 14.9 Å². The number of amides is 1. The van der Waals surface area contributed by atoms with Crippen LogP contribution in [0.3, 0.4) is 0 Å². The van der Waals surface area contributed by atoms with Crippen molar-refractivity contribution in [3.63, 3.8) is 0 Å². The number of benzene rings is 2. The van der Waals surface area contributed by atoms with E-state index in [1.54, 1.807) is 65.8 Å². The highest BCUT2D eigenvalue weighted by atomic mass is 19.4. The van der Waals surface area contributed by atoms with E-state index in [0.29, 0.717) is 16.7 Å². The minimum absolute atomic E-state index is 0.204. The first-order valence-electron chi connectivity index (χ1n) is 12.5. The quantitative estimate of drug-likeness (QED) is 0.320. The van der Waals surface area contributed by atoms with Crippen molar-refractivity contribution in [3.05, 3.63) is 94.2 Å². The maximum atomic E-state index is 13.9. The normalized spacial score (nSPS) is 14.4. The second-order valence-electron chi connectivity index (χ2n) is 10.1. The predicted molar refractivity (Wildman–Crippen MR) is 136 cm³/mol. The van der Waals surface area contributed by atoms with Crippen molar-refractivity contribution >= 4 is 5.91 Å². The molecular formula is C28H28F4N6O. The Hall–Kier alpha value is -4.15. The molecule has 2 aromatic carbocycles. The Balaban J connectivity index is 1.54. The number of alkyl halides is 3. The van der Waals surface area contributed by atoms with Crippen LogP contribution in [0.4, 0.5) is 17.6 Å². The summed E-state index contributed by atoms with van der Waals surface area (Å²) in [6.07, 6.45) is 0.693. The van der Waals surface area contributed by atoms with Crippen LogP contribution in [0, 0.1) is 24.1 Å². The fourth-order valence-corrected chi connectivity index (χ4v) is 4.78. The SMILES string of the molecule is Cc1cc([C@@H](NC(=O)c2cc(Cn3ccn(C)c3=N)cc(-c3cc(C(F)(F)F)nn3C)c2)C2CC2)ccc1F. The molecule has 39 heavy (non-hydrogen) atoms. The number of rotatable bonds is 7. The number of carbonyl (C=O) groups is 1. The molecule has 1 aliphatic rings. The summed E-state index contributed by atoms with van der Waals surface area (Å²) in [5.74, 6) is -0.489. The minimum Gasteiger partial charge on any atom is -0.345 e. The number of halogens is 4. The summed E-state index contributed by atoms with van der Waals surface area (Å²) in [6.45, 7) is 1.91. The fourth-order valence-electron chi connectivity index (χ4n) is 4.78. The molecule has 4 aromatic rings. The average molecular weight is 541 g/mol. The first-order chi connectivity index (χ1) is 18.4. The fraction of sp³-hybridized carbons (Fsp3) is 0.321. The van der Waals surface area contributed by atoms with Crippen molar-refractivity contribution in [3.8, 4) is 11.3 Å². The van der Waals surface area contributed by atoms with E-state index in [2.05, 4.69) is 10.4 Å². The lowest BCUT2D eigenvalue weighted by Gasteiger charge is -2.20. The Morgan fingerprint density at radius 2 is 1.87 bits per heavy atom. The lowest BCUT2D eigenvalue weighted by molar-refractivity contribution is -0.141. The van der Waals surface area contributed by atoms with Crippen LogP contribution < -0.4 is 10.9 Å². The Labute approximate surface area is 222 Å². The second-order valence-corrected chi connectivity index (χ2v) is 10.1. The van der Waals surface area contributed by atoms with Gasteiger partial charge in [0.25, 0.3) is 5.91 Å². The second kappa shape index (κ2) is 9.87. The summed E-state index contributed by atoms with van der Waals surface area (Å²) < 4.78 is 58.4. The molecule has 204 valence electrons. The van der Waals surface area contributed by atoms with E-state index in [4.69, 9.17) is 5.41 Å². The van der Waals surface area contributed by atoms with Gasteiger partial charge in [-0.15, -0.1) is 0 Å². The number of nitrogens with one attached hydrogen (secondary N) is 2. The number of nitrogens with zero attached hydrogens (tertiary/aromatic N) is 4. The molecule has 0 saturated heterocycles. The molecule has 1 saturated carbocycles. The van der Waals surface area contributed by atoms with Gasteiger partial charge in [-0.2, -0.15) is 18.3 Å². The minimum atomic E-state index is -4.61. The standard InChI is InChI=1S/C28H28F4N6O/c1-16-10-19(6-7-22(16)29)25(18-4-5-18)34-26(39)21-12-17(15-38-9-8-36(2)27(38)33)11-20(13-21)23-14-24(28(30,31)32)35-37(23)3/h6-14,18,25,33H,4-5,15H2,1-3H3,(H,34,39)/t25-/m0/s1. The molecule has 0 bridgehead atoms. The summed E-state index contributed by atoms with van der Waals surface area (Å²) in [7, 11) is 3.16. The summed E-state index contributed by atoms with van der Waals surface area (Å²) in [6, 6.07) is 10.4. The summed E-state index contributed by atoms with van der Waals surface area (Å²) in [4.78, 5) is 13.6. The summed E-state index contributed by atoms with van der Waals surface area (Å²) in [5.41, 5.74) is 2.00. The predicted octanol–water partition coefficient (Wildman–Crippen LogP) is 5.10. The van der Waals surface area contributed by atoms with Crippen LogP contribution in [0.1, 0.15) is 51.6 Å². The van der Waals surface area contributed by atoms with Gasteiger partial charge in [0.05, 0.1) is 18.3 Å². The smallest absolute Gasteiger partial charge is 0.345 e. The van der Waals surface area contributed by atoms with Gasteiger partial charge in [0.1, 0.15) is 5.82 Å². The van der Waals surface area contributed by atoms with Gasteiger partial charge < -0.3 is 14.5 Å². The van der Waals surface area contributed by atoms with Gasteiger partial charge in [0.2, 0.25) is 5.62 Å². The van der Waals surface area contributed by atoms with Crippen LogP contribution in [0.2, 0.25) is 0 Å². The van der Waals surface area contributed by atoms with Crippen molar-refractivity contribution < 1.29 is 22.4 Å². The molecule has 5 rings (SSSR count). The monoisotopic (exact) mass is 540 g/mol. The molecule has 0 aliphatic heterocycles. The van der Waals surface area contributed by atoms with E-state index in [-0.39, 0.29) is 47.1 Å². The molecule has 1 fully saturated rings. The molecule has 7 nitrogen and oxygen atoms in total. The van der Waals surface area contributed by atoms with Crippen LogP contribution in [0.25, 0.3) is 11.3 Å². The third-order valence-corrected chi connectivity index (χ3v) is 7.07. The van der Waals surface area contributed by atoms with Crippen LogP contribution in [0.15, 0.2) is 54.9 Å². The molecule has 0 spiro atoms. The van der Waals surface area contributed by atoms with E-state index in [1.165, 1.54) is 13.1 Å². The van der Waals surface area contributed by atoms with E-state index in [0.717, 1.165) is 29.2 Å². The first-order valence-corrected chi connectivity index (χ1v) is 12.5. The molecule has 2 N–H and O–H groups in total. The zero-order valence-corrected chi connectivity index (χ0v) is 21.7. The van der Waals surface area contributed by atoms with Crippen LogP contribution in [-0.2, 0) is 26.8 Å². The number of hydrogen-bond acceptors (Lipinski definition) is 3. The third-order valence-electron chi connectivity index (χ3n) is 7.07. The molecule has 0 unspecified atom stereocenters. The third kappa shape index (κ3) is 5.52. The average Bonchev–Trinajstić information content (AvgIpc) is 3.57. The summed E-state index contributed by atoms with van der Waals surface area (Å²) >= 11 is 0. The Bertz CT molecular complexity index is 1610. The van der Waals surface area contributed by atoms with E-state index in [1.807, 2.05) is 0 Å². The molecule has 1 amide bonds. The van der Waals surface area contributed by atoms with Gasteiger partial charge in [-0.05, 0) is 72.7 Å².